The van der Waals surface area contributed by atoms with E-state index < -0.39 is 11.7 Å². The van der Waals surface area contributed by atoms with Gasteiger partial charge < -0.3 is 15.3 Å². The van der Waals surface area contributed by atoms with E-state index in [1.54, 1.807) is 53.6 Å². The summed E-state index contributed by atoms with van der Waals surface area (Å²) in [5, 5.41) is 15.3. The monoisotopic (exact) mass is 579 g/mol. The van der Waals surface area contributed by atoms with E-state index in [1.807, 2.05) is 6.92 Å². The maximum atomic E-state index is 13.5. The van der Waals surface area contributed by atoms with Gasteiger partial charge in [-0.3, -0.25) is 9.59 Å². The maximum Gasteiger partial charge on any atom is 0.416 e. The highest BCUT2D eigenvalue weighted by Gasteiger charge is 2.31. The minimum atomic E-state index is -4.43. The first kappa shape index (κ1) is 28.4. The van der Waals surface area contributed by atoms with Crippen LogP contribution in [-0.4, -0.2) is 39.9 Å². The molecule has 2 amide bonds. The van der Waals surface area contributed by atoms with Crippen molar-refractivity contribution in [3.05, 3.63) is 99.0 Å². The van der Waals surface area contributed by atoms with Crippen LogP contribution in [0, 0.1) is 13.8 Å². The van der Waals surface area contributed by atoms with Crippen LogP contribution in [0.3, 0.4) is 0 Å². The number of halogens is 3. The van der Waals surface area contributed by atoms with Crippen molar-refractivity contribution in [2.75, 3.05) is 18.4 Å². The summed E-state index contributed by atoms with van der Waals surface area (Å²) in [6, 6.07) is 15.0. The molecule has 6 nitrogen and oxygen atoms in total. The zero-order chi connectivity index (χ0) is 29.3. The van der Waals surface area contributed by atoms with E-state index in [2.05, 4.69) is 10.3 Å². The number of aromatic nitrogens is 1. The molecule has 0 atom stereocenters. The lowest BCUT2D eigenvalue weighted by molar-refractivity contribution is -0.137. The van der Waals surface area contributed by atoms with Crippen LogP contribution in [0.1, 0.15) is 61.3 Å². The van der Waals surface area contributed by atoms with E-state index in [0.29, 0.717) is 59.6 Å². The molecule has 1 aromatic heterocycles. The van der Waals surface area contributed by atoms with Crippen molar-refractivity contribution in [2.24, 2.45) is 0 Å². The lowest BCUT2D eigenvalue weighted by Crippen LogP contribution is -2.38. The third kappa shape index (κ3) is 5.97. The zero-order valence-electron chi connectivity index (χ0n) is 22.5. The van der Waals surface area contributed by atoms with E-state index in [0.717, 1.165) is 22.7 Å². The molecule has 212 valence electrons. The van der Waals surface area contributed by atoms with Gasteiger partial charge >= 0.3 is 6.18 Å². The van der Waals surface area contributed by atoms with Crippen LogP contribution < -0.4 is 5.32 Å². The summed E-state index contributed by atoms with van der Waals surface area (Å²) >= 11 is 1.42. The second-order valence-corrected chi connectivity index (χ2v) is 11.0. The Balaban J connectivity index is 1.24. The molecule has 0 radical (unpaired) electrons. The molecule has 5 rings (SSSR count). The number of nitrogens with one attached hydrogen (secondary N) is 1. The molecule has 0 unspecified atom stereocenters. The molecule has 1 aliphatic rings. The van der Waals surface area contributed by atoms with Gasteiger partial charge in [-0.05, 0) is 79.3 Å². The Hall–Kier alpha value is -4.18. The molecule has 2 N–H and O–H groups in total. The molecule has 0 saturated carbocycles. The second kappa shape index (κ2) is 11.4. The Labute approximate surface area is 239 Å². The number of piperidine rings is 1. The van der Waals surface area contributed by atoms with Gasteiger partial charge in [-0.15, -0.1) is 11.3 Å². The number of phenols is 1. The van der Waals surface area contributed by atoms with Crippen molar-refractivity contribution < 1.29 is 27.9 Å². The summed E-state index contributed by atoms with van der Waals surface area (Å²) in [7, 11) is 0. The highest BCUT2D eigenvalue weighted by Crippen LogP contribution is 2.34. The topological polar surface area (TPSA) is 82.5 Å². The van der Waals surface area contributed by atoms with E-state index in [-0.39, 0.29) is 23.5 Å². The highest BCUT2D eigenvalue weighted by atomic mass is 32.1. The molecule has 0 bridgehead atoms. The zero-order valence-corrected chi connectivity index (χ0v) is 23.3. The van der Waals surface area contributed by atoms with Crippen LogP contribution in [0.25, 0.3) is 11.1 Å². The number of phenolic OH excluding ortho intramolecular Hbond substituents is 1. The van der Waals surface area contributed by atoms with E-state index >= 15 is 0 Å². The van der Waals surface area contributed by atoms with Gasteiger partial charge in [0, 0.05) is 35.6 Å². The van der Waals surface area contributed by atoms with E-state index in [1.165, 1.54) is 23.5 Å². The number of thiazole rings is 1. The number of carbonyl (C=O) groups is 2. The van der Waals surface area contributed by atoms with Gasteiger partial charge in [0.1, 0.15) is 11.4 Å². The molecule has 0 spiro atoms. The van der Waals surface area contributed by atoms with E-state index in [4.69, 9.17) is 0 Å². The summed E-state index contributed by atoms with van der Waals surface area (Å²) in [5.41, 5.74) is 3.25. The van der Waals surface area contributed by atoms with Crippen LogP contribution in [0.15, 0.2) is 66.0 Å². The Morgan fingerprint density at radius 1 is 0.976 bits per heavy atom. The van der Waals surface area contributed by atoms with Gasteiger partial charge in [0.2, 0.25) is 0 Å². The number of rotatable bonds is 5. The first-order valence-corrected chi connectivity index (χ1v) is 14.0. The predicted octanol–water partition coefficient (Wildman–Crippen LogP) is 7.42. The first-order chi connectivity index (χ1) is 19.5. The fourth-order valence-corrected chi connectivity index (χ4v) is 5.94. The average molecular weight is 580 g/mol. The molecule has 1 saturated heterocycles. The normalized spacial score (nSPS) is 14.2. The molecular formula is C31H28F3N3O3S. The number of hydrogen-bond donors (Lipinski definition) is 2. The standard InChI is InChI=1S/C31H28F3N3O3S/c1-18-19(2)27(38)12-11-25(18)35-28(39)26-17-41-29(36-26)21-13-15-37(16-14-21)30(40)24-6-4-3-5-23(24)20-7-9-22(10-8-20)31(32,33)34/h3-12,17,21,38H,13-16H2,1-2H3,(H,35,39). The van der Waals surface area contributed by atoms with Gasteiger partial charge in [0.15, 0.2) is 0 Å². The Morgan fingerprint density at radius 2 is 1.66 bits per heavy atom. The molecule has 0 aliphatic carbocycles. The number of alkyl halides is 3. The molecular weight excluding hydrogens is 551 g/mol. The molecule has 1 aliphatic heterocycles. The molecule has 2 heterocycles. The van der Waals surface area contributed by atoms with E-state index in [9.17, 15) is 27.9 Å². The number of hydrogen-bond acceptors (Lipinski definition) is 5. The first-order valence-electron chi connectivity index (χ1n) is 13.1. The average Bonchev–Trinajstić information content (AvgIpc) is 3.47. The smallest absolute Gasteiger partial charge is 0.416 e. The number of amides is 2. The Bertz CT molecular complexity index is 1590. The van der Waals surface area contributed by atoms with Crippen LogP contribution in [0.4, 0.5) is 18.9 Å². The molecule has 4 aromatic rings. The third-order valence-electron chi connectivity index (χ3n) is 7.57. The number of carbonyl (C=O) groups excluding carboxylic acids is 2. The van der Waals surface area contributed by atoms with Crippen molar-refractivity contribution in [2.45, 2.75) is 38.8 Å². The Morgan fingerprint density at radius 3 is 2.34 bits per heavy atom. The number of benzene rings is 3. The minimum absolute atomic E-state index is 0.105. The number of nitrogens with zero attached hydrogens (tertiary/aromatic N) is 2. The van der Waals surface area contributed by atoms with Crippen LogP contribution in [0.2, 0.25) is 0 Å². The summed E-state index contributed by atoms with van der Waals surface area (Å²) in [4.78, 5) is 32.6. The third-order valence-corrected chi connectivity index (χ3v) is 8.58. The van der Waals surface area contributed by atoms with Gasteiger partial charge in [-0.2, -0.15) is 13.2 Å². The maximum absolute atomic E-state index is 13.5. The van der Waals surface area contributed by atoms with Gasteiger partial charge in [0.05, 0.1) is 10.6 Å². The largest absolute Gasteiger partial charge is 0.508 e. The van der Waals surface area contributed by atoms with Crippen LogP contribution in [-0.2, 0) is 6.18 Å². The SMILES string of the molecule is Cc1c(O)ccc(NC(=O)c2csc(C3CCN(C(=O)c4ccccc4-c4ccc(C(F)(F)F)cc4)CC3)n2)c1C. The number of anilines is 1. The lowest BCUT2D eigenvalue weighted by Gasteiger charge is -2.31. The minimum Gasteiger partial charge on any atom is -0.508 e. The van der Waals surface area contributed by atoms with Crippen LogP contribution in [0.5, 0.6) is 5.75 Å². The lowest BCUT2D eigenvalue weighted by atomic mass is 9.94. The van der Waals surface area contributed by atoms with Crippen LogP contribution >= 0.6 is 11.3 Å². The fourth-order valence-electron chi connectivity index (χ4n) is 4.97. The molecule has 10 heteroatoms. The Kier molecular flexibility index (Phi) is 7.86. The molecule has 41 heavy (non-hydrogen) atoms. The van der Waals surface area contributed by atoms with Crippen molar-refractivity contribution in [3.8, 4) is 16.9 Å². The van der Waals surface area contributed by atoms with Crippen molar-refractivity contribution in [1.82, 2.24) is 9.88 Å². The summed E-state index contributed by atoms with van der Waals surface area (Å²) < 4.78 is 39.0. The van der Waals surface area contributed by atoms with Crippen molar-refractivity contribution >= 4 is 28.8 Å². The van der Waals surface area contributed by atoms with Crippen molar-refractivity contribution in [3.63, 3.8) is 0 Å². The highest BCUT2D eigenvalue weighted by molar-refractivity contribution is 7.10. The number of likely N-dealkylation sites (tertiary alicyclic amines) is 1. The van der Waals surface area contributed by atoms with Gasteiger partial charge in [-0.25, -0.2) is 4.98 Å². The number of aromatic hydroxyl groups is 1. The summed E-state index contributed by atoms with van der Waals surface area (Å²) in [6.07, 6.45) is -3.07. The summed E-state index contributed by atoms with van der Waals surface area (Å²) in [6.45, 7) is 4.61. The van der Waals surface area contributed by atoms with Gasteiger partial charge in [0.25, 0.3) is 11.8 Å². The van der Waals surface area contributed by atoms with Gasteiger partial charge in [-0.1, -0.05) is 30.3 Å². The molecule has 1 fully saturated rings. The summed E-state index contributed by atoms with van der Waals surface area (Å²) in [5.74, 6) is -0.219. The fraction of sp³-hybridized carbons (Fsp3) is 0.258. The predicted molar refractivity (Wildman–Crippen MR) is 152 cm³/mol. The molecule has 3 aromatic carbocycles. The van der Waals surface area contributed by atoms with Crippen molar-refractivity contribution in [1.29, 1.82) is 0 Å². The quantitative estimate of drug-likeness (QED) is 0.241. The second-order valence-electron chi connectivity index (χ2n) is 10.1.